The lowest BCUT2D eigenvalue weighted by Gasteiger charge is -2.22. The third-order valence-electron chi connectivity index (χ3n) is 3.33. The zero-order valence-electron chi connectivity index (χ0n) is 11.4. The van der Waals surface area contributed by atoms with Crippen LogP contribution in [0.2, 0.25) is 0 Å². The second-order valence-corrected chi connectivity index (χ2v) is 5.79. The smallest absolute Gasteiger partial charge is 0.229 e. The molecule has 1 amide bonds. The number of likely N-dealkylation sites (N-methyl/N-ethyl adjacent to an activating group) is 1. The molecule has 2 atom stereocenters. The van der Waals surface area contributed by atoms with Gasteiger partial charge < -0.3 is 20.1 Å². The van der Waals surface area contributed by atoms with Gasteiger partial charge in [-0.1, -0.05) is 15.9 Å². The zero-order valence-corrected chi connectivity index (χ0v) is 13.0. The van der Waals surface area contributed by atoms with Gasteiger partial charge in [0.1, 0.15) is 12.4 Å². The molecule has 1 aliphatic rings. The van der Waals surface area contributed by atoms with E-state index in [9.17, 15) is 4.79 Å². The van der Waals surface area contributed by atoms with Gasteiger partial charge in [0.25, 0.3) is 0 Å². The Morgan fingerprint density at radius 1 is 1.45 bits per heavy atom. The van der Waals surface area contributed by atoms with Gasteiger partial charge in [0.05, 0.1) is 25.7 Å². The lowest BCUT2D eigenvalue weighted by molar-refractivity contribution is -0.134. The Morgan fingerprint density at radius 3 is 2.75 bits per heavy atom. The summed E-state index contributed by atoms with van der Waals surface area (Å²) in [5, 5.41) is 0. The van der Waals surface area contributed by atoms with E-state index >= 15 is 0 Å². The molecule has 1 aliphatic heterocycles. The van der Waals surface area contributed by atoms with Gasteiger partial charge in [-0.05, 0) is 24.3 Å². The second kappa shape index (κ2) is 7.06. The standard InChI is InChI=1S/C14H19BrN2O3/c1-17(14(18)12-8-19-9-13(12)16)6-7-20-11-4-2-10(15)3-5-11/h2-5,12-13H,6-9,16H2,1H3. The Labute approximate surface area is 127 Å². The van der Waals surface area contributed by atoms with E-state index in [2.05, 4.69) is 15.9 Å². The van der Waals surface area contributed by atoms with Gasteiger partial charge in [0.2, 0.25) is 5.91 Å². The van der Waals surface area contributed by atoms with Crippen LogP contribution in [0.5, 0.6) is 5.75 Å². The summed E-state index contributed by atoms with van der Waals surface area (Å²) in [7, 11) is 1.76. The second-order valence-electron chi connectivity index (χ2n) is 4.87. The number of hydrogen-bond donors (Lipinski definition) is 1. The van der Waals surface area contributed by atoms with Crippen molar-refractivity contribution in [2.75, 3.05) is 33.4 Å². The third kappa shape index (κ3) is 3.94. The molecule has 0 radical (unpaired) electrons. The predicted octanol–water partition coefficient (Wildman–Crippen LogP) is 1.26. The highest BCUT2D eigenvalue weighted by Gasteiger charge is 2.33. The first-order valence-corrected chi connectivity index (χ1v) is 7.34. The summed E-state index contributed by atoms with van der Waals surface area (Å²) in [5.41, 5.74) is 5.84. The topological polar surface area (TPSA) is 64.8 Å². The molecule has 1 aromatic rings. The number of nitrogens with zero attached hydrogens (tertiary/aromatic N) is 1. The van der Waals surface area contributed by atoms with Crippen LogP contribution >= 0.6 is 15.9 Å². The number of rotatable bonds is 5. The van der Waals surface area contributed by atoms with E-state index in [0.29, 0.717) is 26.4 Å². The fourth-order valence-corrected chi connectivity index (χ4v) is 2.31. The Hall–Kier alpha value is -1.11. The molecule has 2 unspecified atom stereocenters. The number of nitrogens with two attached hydrogens (primary N) is 1. The molecule has 20 heavy (non-hydrogen) atoms. The number of ether oxygens (including phenoxy) is 2. The van der Waals surface area contributed by atoms with E-state index in [1.54, 1.807) is 11.9 Å². The highest BCUT2D eigenvalue weighted by Crippen LogP contribution is 2.16. The molecule has 2 N–H and O–H groups in total. The fraction of sp³-hybridized carbons (Fsp3) is 0.500. The number of hydrogen-bond acceptors (Lipinski definition) is 4. The van der Waals surface area contributed by atoms with Crippen LogP contribution < -0.4 is 10.5 Å². The molecule has 1 saturated heterocycles. The normalized spacial score (nSPS) is 21.8. The molecule has 110 valence electrons. The zero-order chi connectivity index (χ0) is 14.5. The van der Waals surface area contributed by atoms with Gasteiger partial charge >= 0.3 is 0 Å². The monoisotopic (exact) mass is 342 g/mol. The fourth-order valence-electron chi connectivity index (χ4n) is 2.05. The van der Waals surface area contributed by atoms with E-state index in [1.807, 2.05) is 24.3 Å². The molecule has 0 spiro atoms. The van der Waals surface area contributed by atoms with Crippen molar-refractivity contribution in [3.63, 3.8) is 0 Å². The van der Waals surface area contributed by atoms with Crippen LogP contribution in [0.25, 0.3) is 0 Å². The Kier molecular flexibility index (Phi) is 5.39. The molecule has 2 rings (SSSR count). The number of benzene rings is 1. The number of carbonyl (C=O) groups excluding carboxylic acids is 1. The van der Waals surface area contributed by atoms with Gasteiger partial charge in [0.15, 0.2) is 0 Å². The average Bonchev–Trinajstić information content (AvgIpc) is 2.86. The SMILES string of the molecule is CN(CCOc1ccc(Br)cc1)C(=O)C1COCC1N. The maximum absolute atomic E-state index is 12.1. The largest absolute Gasteiger partial charge is 0.492 e. The molecular weight excluding hydrogens is 324 g/mol. The lowest BCUT2D eigenvalue weighted by Crippen LogP contribution is -2.43. The summed E-state index contributed by atoms with van der Waals surface area (Å²) < 4.78 is 11.8. The first-order valence-electron chi connectivity index (χ1n) is 6.54. The highest BCUT2D eigenvalue weighted by molar-refractivity contribution is 9.10. The summed E-state index contributed by atoms with van der Waals surface area (Å²) in [5.74, 6) is 0.581. The molecule has 0 bridgehead atoms. The molecule has 5 nitrogen and oxygen atoms in total. The highest BCUT2D eigenvalue weighted by atomic mass is 79.9. The van der Waals surface area contributed by atoms with Crippen LogP contribution in [0.15, 0.2) is 28.7 Å². The van der Waals surface area contributed by atoms with Crippen molar-refractivity contribution in [3.05, 3.63) is 28.7 Å². The van der Waals surface area contributed by atoms with E-state index in [4.69, 9.17) is 15.2 Å². The van der Waals surface area contributed by atoms with Crippen molar-refractivity contribution >= 4 is 21.8 Å². The van der Waals surface area contributed by atoms with Crippen molar-refractivity contribution in [3.8, 4) is 5.75 Å². The van der Waals surface area contributed by atoms with Crippen molar-refractivity contribution in [1.29, 1.82) is 0 Å². The van der Waals surface area contributed by atoms with Crippen LogP contribution in [-0.2, 0) is 9.53 Å². The maximum Gasteiger partial charge on any atom is 0.229 e. The summed E-state index contributed by atoms with van der Waals surface area (Å²) in [6, 6.07) is 7.40. The minimum atomic E-state index is -0.229. The Morgan fingerprint density at radius 2 is 2.15 bits per heavy atom. The maximum atomic E-state index is 12.1. The van der Waals surface area contributed by atoms with Gasteiger partial charge in [-0.2, -0.15) is 0 Å². The molecule has 1 fully saturated rings. The predicted molar refractivity (Wildman–Crippen MR) is 79.6 cm³/mol. The van der Waals surface area contributed by atoms with Crippen LogP contribution in [0, 0.1) is 5.92 Å². The van der Waals surface area contributed by atoms with Gasteiger partial charge in [-0.25, -0.2) is 0 Å². The van der Waals surface area contributed by atoms with E-state index in [1.165, 1.54) is 0 Å². The van der Waals surface area contributed by atoms with Crippen LogP contribution in [-0.4, -0.2) is 50.3 Å². The van der Waals surface area contributed by atoms with Crippen molar-refractivity contribution in [2.45, 2.75) is 6.04 Å². The van der Waals surface area contributed by atoms with Crippen molar-refractivity contribution in [1.82, 2.24) is 4.90 Å². The quantitative estimate of drug-likeness (QED) is 0.874. The molecule has 0 aromatic heterocycles. The number of halogens is 1. The number of amides is 1. The Bertz CT molecular complexity index is 452. The van der Waals surface area contributed by atoms with E-state index in [-0.39, 0.29) is 17.9 Å². The molecule has 6 heteroatoms. The van der Waals surface area contributed by atoms with Crippen molar-refractivity contribution < 1.29 is 14.3 Å². The van der Waals surface area contributed by atoms with Crippen molar-refractivity contribution in [2.24, 2.45) is 11.7 Å². The summed E-state index contributed by atoms with van der Waals surface area (Å²) >= 11 is 3.37. The van der Waals surface area contributed by atoms with E-state index < -0.39 is 0 Å². The van der Waals surface area contributed by atoms with Crippen LogP contribution in [0.1, 0.15) is 0 Å². The minimum absolute atomic E-state index is 0.0226. The molecular formula is C14H19BrN2O3. The third-order valence-corrected chi connectivity index (χ3v) is 3.86. The lowest BCUT2D eigenvalue weighted by atomic mass is 10.0. The van der Waals surface area contributed by atoms with Crippen LogP contribution in [0.4, 0.5) is 0 Å². The van der Waals surface area contributed by atoms with Gasteiger partial charge in [0, 0.05) is 17.6 Å². The molecule has 0 aliphatic carbocycles. The minimum Gasteiger partial charge on any atom is -0.492 e. The van der Waals surface area contributed by atoms with Gasteiger partial charge in [-0.3, -0.25) is 4.79 Å². The molecule has 1 aromatic carbocycles. The van der Waals surface area contributed by atoms with E-state index in [0.717, 1.165) is 10.2 Å². The number of carbonyl (C=O) groups is 1. The first kappa shape index (κ1) is 15.3. The van der Waals surface area contributed by atoms with Gasteiger partial charge in [-0.15, -0.1) is 0 Å². The summed E-state index contributed by atoms with van der Waals surface area (Å²) in [4.78, 5) is 13.8. The molecule has 1 heterocycles. The Balaban J connectivity index is 1.75. The summed E-state index contributed by atoms with van der Waals surface area (Å²) in [6.45, 7) is 1.85. The van der Waals surface area contributed by atoms with Crippen LogP contribution in [0.3, 0.4) is 0 Å². The summed E-state index contributed by atoms with van der Waals surface area (Å²) in [6.07, 6.45) is 0. The first-order chi connectivity index (χ1) is 9.58. The molecule has 0 saturated carbocycles. The average molecular weight is 343 g/mol.